The Labute approximate surface area is 116 Å². The normalized spacial score (nSPS) is 23.6. The highest BCUT2D eigenvalue weighted by Gasteiger charge is 2.55. The molecule has 1 aromatic rings. The number of ether oxygens (including phenoxy) is 2. The van der Waals surface area contributed by atoms with Gasteiger partial charge in [0.1, 0.15) is 0 Å². The maximum absolute atomic E-state index is 11.3. The van der Waals surface area contributed by atoms with Crippen LogP contribution >= 0.6 is 23.2 Å². The van der Waals surface area contributed by atoms with Gasteiger partial charge in [-0.2, -0.15) is 0 Å². The summed E-state index contributed by atoms with van der Waals surface area (Å²) >= 11 is 12.2. The van der Waals surface area contributed by atoms with Crippen molar-refractivity contribution >= 4 is 29.2 Å². The summed E-state index contributed by atoms with van der Waals surface area (Å²) < 4.78 is 10.6. The fourth-order valence-corrected chi connectivity index (χ4v) is 2.36. The summed E-state index contributed by atoms with van der Waals surface area (Å²) in [7, 11) is 0. The minimum Gasteiger partial charge on any atom is -0.442 e. The molecule has 1 aromatic carbocycles. The highest BCUT2D eigenvalue weighted by molar-refractivity contribution is 6.31. The van der Waals surface area contributed by atoms with Gasteiger partial charge < -0.3 is 9.47 Å². The van der Waals surface area contributed by atoms with Crippen molar-refractivity contribution in [3.05, 3.63) is 34.3 Å². The Morgan fingerprint density at radius 1 is 1.61 bits per heavy atom. The second kappa shape index (κ2) is 5.08. The van der Waals surface area contributed by atoms with E-state index in [0.717, 1.165) is 11.1 Å². The molecule has 5 heteroatoms. The van der Waals surface area contributed by atoms with E-state index in [1.165, 1.54) is 0 Å². The fraction of sp³-hybridized carbons (Fsp3) is 0.462. The van der Waals surface area contributed by atoms with Crippen LogP contribution in [-0.2, 0) is 19.9 Å². The first-order valence-electron chi connectivity index (χ1n) is 5.74. The summed E-state index contributed by atoms with van der Waals surface area (Å²) in [5.74, 6) is -0.343. The first-order valence-corrected chi connectivity index (χ1v) is 6.56. The molecule has 0 N–H and O–H groups in total. The minimum atomic E-state index is -0.831. The number of carbonyl (C=O) groups is 1. The number of carbonyl (C=O) groups excluding carboxylic acids is 1. The Balaban J connectivity index is 2.26. The van der Waals surface area contributed by atoms with Crippen LogP contribution in [0, 0.1) is 6.92 Å². The molecule has 1 saturated heterocycles. The van der Waals surface area contributed by atoms with Gasteiger partial charge in [-0.3, -0.25) is 4.79 Å². The van der Waals surface area contributed by atoms with Crippen LogP contribution in [0.4, 0.5) is 0 Å². The molecule has 0 bridgehead atoms. The lowest BCUT2D eigenvalue weighted by Crippen LogP contribution is -2.28. The zero-order valence-electron chi connectivity index (χ0n) is 10.2. The van der Waals surface area contributed by atoms with Gasteiger partial charge in [-0.05, 0) is 24.1 Å². The fourth-order valence-electron chi connectivity index (χ4n) is 1.85. The number of benzene rings is 1. The topological polar surface area (TPSA) is 38.8 Å². The number of halogens is 2. The van der Waals surface area contributed by atoms with Crippen LogP contribution < -0.4 is 0 Å². The van der Waals surface area contributed by atoms with Crippen molar-refractivity contribution in [2.45, 2.75) is 31.4 Å². The van der Waals surface area contributed by atoms with Crippen LogP contribution in [0.2, 0.25) is 5.02 Å². The number of hydrogen-bond donors (Lipinski definition) is 0. The highest BCUT2D eigenvalue weighted by Crippen LogP contribution is 2.47. The quantitative estimate of drug-likeness (QED) is 0.484. The predicted molar refractivity (Wildman–Crippen MR) is 69.8 cm³/mol. The SMILES string of the molecule is CCC(=O)OC(Cl)C1(c2cccc(Cl)c2C)CO1. The summed E-state index contributed by atoms with van der Waals surface area (Å²) in [4.78, 5) is 11.3. The zero-order valence-corrected chi connectivity index (χ0v) is 11.7. The van der Waals surface area contributed by atoms with Gasteiger partial charge in [0, 0.05) is 11.4 Å². The summed E-state index contributed by atoms with van der Waals surface area (Å²) in [5, 5.41) is 0.646. The summed E-state index contributed by atoms with van der Waals surface area (Å²) in [6.45, 7) is 4.04. The maximum atomic E-state index is 11.3. The van der Waals surface area contributed by atoms with E-state index in [2.05, 4.69) is 0 Å². The number of hydrogen-bond acceptors (Lipinski definition) is 3. The summed E-state index contributed by atoms with van der Waals surface area (Å²) in [6, 6.07) is 5.53. The average molecular weight is 289 g/mol. The van der Waals surface area contributed by atoms with Gasteiger partial charge in [0.2, 0.25) is 5.56 Å². The molecule has 1 fully saturated rings. The second-order valence-corrected chi connectivity index (χ2v) is 5.05. The first kappa shape index (κ1) is 13.7. The van der Waals surface area contributed by atoms with Crippen molar-refractivity contribution in [1.82, 2.24) is 0 Å². The number of esters is 1. The molecule has 98 valence electrons. The molecule has 0 radical (unpaired) electrons. The van der Waals surface area contributed by atoms with E-state index in [1.54, 1.807) is 13.0 Å². The molecule has 0 amide bonds. The van der Waals surface area contributed by atoms with E-state index in [-0.39, 0.29) is 12.4 Å². The molecule has 2 rings (SSSR count). The summed E-state index contributed by atoms with van der Waals surface area (Å²) in [6.07, 6.45) is 0.286. The van der Waals surface area contributed by atoms with Gasteiger partial charge in [-0.25, -0.2) is 0 Å². The van der Waals surface area contributed by atoms with Crippen LogP contribution in [0.5, 0.6) is 0 Å². The number of alkyl halides is 1. The van der Waals surface area contributed by atoms with Gasteiger partial charge in [0.05, 0.1) is 6.61 Å². The third kappa shape index (κ3) is 2.35. The molecule has 18 heavy (non-hydrogen) atoms. The van der Waals surface area contributed by atoms with Gasteiger partial charge in [0.15, 0.2) is 5.60 Å². The number of epoxide rings is 1. The van der Waals surface area contributed by atoms with Gasteiger partial charge in [-0.1, -0.05) is 42.3 Å². The molecule has 1 heterocycles. The van der Waals surface area contributed by atoms with Crippen LogP contribution in [0.1, 0.15) is 24.5 Å². The zero-order chi connectivity index (χ0) is 13.3. The Morgan fingerprint density at radius 3 is 2.83 bits per heavy atom. The highest BCUT2D eigenvalue weighted by atomic mass is 35.5. The predicted octanol–water partition coefficient (Wildman–Crippen LogP) is 3.39. The molecule has 1 aliphatic rings. The van der Waals surface area contributed by atoms with Crippen LogP contribution in [-0.4, -0.2) is 18.1 Å². The molecule has 1 aliphatic heterocycles. The molecular weight excluding hydrogens is 275 g/mol. The summed E-state index contributed by atoms with van der Waals surface area (Å²) in [5.41, 5.74) is 0.192. The van der Waals surface area contributed by atoms with E-state index in [1.807, 2.05) is 19.1 Å². The van der Waals surface area contributed by atoms with Gasteiger partial charge >= 0.3 is 5.97 Å². The van der Waals surface area contributed by atoms with E-state index in [0.29, 0.717) is 11.6 Å². The molecule has 0 aliphatic carbocycles. The molecular formula is C13H14Cl2O3. The largest absolute Gasteiger partial charge is 0.442 e. The maximum Gasteiger partial charge on any atom is 0.307 e. The lowest BCUT2D eigenvalue weighted by molar-refractivity contribution is -0.147. The standard InChI is InChI=1S/C13H14Cl2O3/c1-3-11(16)18-12(15)13(7-17-13)9-5-4-6-10(14)8(9)2/h4-6,12H,3,7H2,1-2H3. The Hall–Kier alpha value is -0.770. The Morgan fingerprint density at radius 2 is 2.28 bits per heavy atom. The van der Waals surface area contributed by atoms with Crippen LogP contribution in [0.15, 0.2) is 18.2 Å². The second-order valence-electron chi connectivity index (χ2n) is 4.25. The van der Waals surface area contributed by atoms with Crippen molar-refractivity contribution in [3.63, 3.8) is 0 Å². The minimum absolute atomic E-state index is 0.286. The van der Waals surface area contributed by atoms with E-state index in [9.17, 15) is 4.79 Å². The van der Waals surface area contributed by atoms with Crippen molar-refractivity contribution in [2.24, 2.45) is 0 Å². The average Bonchev–Trinajstić information content (AvgIpc) is 3.14. The Bertz CT molecular complexity index is 469. The molecule has 2 unspecified atom stereocenters. The lowest BCUT2D eigenvalue weighted by Gasteiger charge is -2.21. The molecule has 0 aromatic heterocycles. The van der Waals surface area contributed by atoms with Crippen molar-refractivity contribution in [2.75, 3.05) is 6.61 Å². The Kier molecular flexibility index (Phi) is 3.85. The van der Waals surface area contributed by atoms with Crippen molar-refractivity contribution < 1.29 is 14.3 Å². The van der Waals surface area contributed by atoms with Gasteiger partial charge in [0.25, 0.3) is 0 Å². The monoisotopic (exact) mass is 288 g/mol. The number of rotatable bonds is 4. The van der Waals surface area contributed by atoms with Crippen LogP contribution in [0.25, 0.3) is 0 Å². The van der Waals surface area contributed by atoms with E-state index < -0.39 is 11.2 Å². The smallest absolute Gasteiger partial charge is 0.307 e. The lowest BCUT2D eigenvalue weighted by atomic mass is 9.96. The molecule has 0 saturated carbocycles. The first-order chi connectivity index (χ1) is 8.51. The van der Waals surface area contributed by atoms with Crippen LogP contribution in [0.3, 0.4) is 0 Å². The third-order valence-electron chi connectivity index (χ3n) is 3.07. The van der Waals surface area contributed by atoms with Gasteiger partial charge in [-0.15, -0.1) is 0 Å². The molecule has 3 nitrogen and oxygen atoms in total. The van der Waals surface area contributed by atoms with E-state index in [4.69, 9.17) is 32.7 Å². The van der Waals surface area contributed by atoms with Crippen molar-refractivity contribution in [1.29, 1.82) is 0 Å². The van der Waals surface area contributed by atoms with Crippen molar-refractivity contribution in [3.8, 4) is 0 Å². The molecule has 0 spiro atoms. The third-order valence-corrected chi connectivity index (χ3v) is 3.92. The molecule has 2 atom stereocenters. The van der Waals surface area contributed by atoms with E-state index >= 15 is 0 Å².